The molecule has 0 bridgehead atoms. The number of benzene rings is 7. The molecule has 12 rings (SSSR count). The quantitative estimate of drug-likeness (QED) is 0.135. The van der Waals surface area contributed by atoms with Crippen LogP contribution in [0.25, 0.3) is 83.4 Å². The second kappa shape index (κ2) is 11.4. The molecule has 2 aliphatic heterocycles. The normalized spacial score (nSPS) is 13.3. The van der Waals surface area contributed by atoms with E-state index in [9.17, 15) is 0 Å². The van der Waals surface area contributed by atoms with Gasteiger partial charge in [0.25, 0.3) is 6.33 Å². The number of ether oxygens (including phenoxy) is 1. The summed E-state index contributed by atoms with van der Waals surface area (Å²) in [5, 5.41) is 2.41. The van der Waals surface area contributed by atoms with E-state index in [1.165, 1.54) is 49.7 Å². The van der Waals surface area contributed by atoms with Gasteiger partial charge >= 0.3 is 0 Å². The van der Waals surface area contributed by atoms with Gasteiger partial charge in [-0.05, 0) is 81.4 Å². The van der Waals surface area contributed by atoms with Gasteiger partial charge in [0.2, 0.25) is 0 Å². The van der Waals surface area contributed by atoms with Crippen molar-refractivity contribution in [2.75, 3.05) is 0 Å². The third-order valence-electron chi connectivity index (χ3n) is 12.0. The minimum absolute atomic E-state index is 0.168. The van der Waals surface area contributed by atoms with Crippen LogP contribution in [-0.4, -0.2) is 14.1 Å². The molecule has 0 saturated heterocycles. The Balaban J connectivity index is 1.02. The van der Waals surface area contributed by atoms with Crippen LogP contribution in [0.15, 0.2) is 170 Å². The number of rotatable bonds is 3. The van der Waals surface area contributed by atoms with E-state index in [-0.39, 0.29) is 5.41 Å². The molecule has 0 aliphatic carbocycles. The second-order valence-corrected chi connectivity index (χ2v) is 15.4. The summed E-state index contributed by atoms with van der Waals surface area (Å²) < 4.78 is 13.5. The summed E-state index contributed by atoms with van der Waals surface area (Å²) >= 11 is 0. The highest BCUT2D eigenvalue weighted by atomic mass is 16.5. The number of aromatic nitrogens is 4. The van der Waals surface area contributed by atoms with Crippen LogP contribution in [0.3, 0.4) is 0 Å². The zero-order valence-electron chi connectivity index (χ0n) is 30.9. The average molecular weight is 719 g/mol. The van der Waals surface area contributed by atoms with Gasteiger partial charge in [-0.25, -0.2) is 4.98 Å². The summed E-state index contributed by atoms with van der Waals surface area (Å²) in [5.74, 6) is 2.49. The molecule has 0 atom stereocenters. The predicted octanol–water partition coefficient (Wildman–Crippen LogP) is 11.9. The molecule has 10 aromatic rings. The van der Waals surface area contributed by atoms with E-state index in [2.05, 4.69) is 186 Å². The molecule has 0 radical (unpaired) electrons. The van der Waals surface area contributed by atoms with E-state index < -0.39 is 0 Å². The zero-order chi connectivity index (χ0) is 37.1. The van der Waals surface area contributed by atoms with E-state index in [1.807, 2.05) is 18.3 Å². The van der Waals surface area contributed by atoms with Crippen LogP contribution in [0.4, 0.5) is 0 Å². The Bertz CT molecular complexity index is 3270. The Morgan fingerprint density at radius 3 is 2.04 bits per heavy atom. The van der Waals surface area contributed by atoms with Gasteiger partial charge in [0, 0.05) is 34.0 Å². The highest BCUT2D eigenvalue weighted by Crippen LogP contribution is 2.48. The van der Waals surface area contributed by atoms with Gasteiger partial charge in [-0.3, -0.25) is 13.7 Å². The van der Waals surface area contributed by atoms with Gasteiger partial charge in [-0.2, -0.15) is 0 Å². The minimum Gasteiger partial charge on any atom is -0.458 e. The fourth-order valence-electron chi connectivity index (χ4n) is 9.41. The first-order valence-electron chi connectivity index (χ1n) is 19.1. The van der Waals surface area contributed by atoms with Crippen molar-refractivity contribution < 1.29 is 9.30 Å². The van der Waals surface area contributed by atoms with Crippen molar-refractivity contribution in [3.63, 3.8) is 0 Å². The second-order valence-electron chi connectivity index (χ2n) is 15.4. The van der Waals surface area contributed by atoms with Crippen LogP contribution in [0.1, 0.15) is 25.0 Å². The van der Waals surface area contributed by atoms with Crippen molar-refractivity contribution in [1.82, 2.24) is 14.1 Å². The fraction of sp³-hybridized carbons (Fsp3) is 0.0588. The van der Waals surface area contributed by atoms with E-state index >= 15 is 0 Å². The van der Waals surface area contributed by atoms with Crippen LogP contribution in [0, 0.1) is 6.33 Å². The summed E-state index contributed by atoms with van der Waals surface area (Å²) in [5.41, 5.74) is 16.0. The predicted molar refractivity (Wildman–Crippen MR) is 224 cm³/mol. The molecule has 264 valence electrons. The third-order valence-corrected chi connectivity index (χ3v) is 12.0. The van der Waals surface area contributed by atoms with Crippen LogP contribution in [0.5, 0.6) is 11.5 Å². The number of pyridine rings is 1. The molecule has 0 fully saturated rings. The molecule has 5 heteroatoms. The zero-order valence-corrected chi connectivity index (χ0v) is 30.9. The highest BCUT2D eigenvalue weighted by Gasteiger charge is 2.35. The monoisotopic (exact) mass is 718 g/mol. The lowest BCUT2D eigenvalue weighted by Gasteiger charge is -2.33. The van der Waals surface area contributed by atoms with Crippen LogP contribution < -0.4 is 9.30 Å². The number of hydrogen-bond donors (Lipinski definition) is 0. The lowest BCUT2D eigenvalue weighted by atomic mass is 9.76. The molecule has 0 N–H and O–H groups in total. The maximum Gasteiger partial charge on any atom is 0.269 e. The van der Waals surface area contributed by atoms with E-state index in [0.29, 0.717) is 0 Å². The maximum atomic E-state index is 6.73. The lowest BCUT2D eigenvalue weighted by molar-refractivity contribution is -0.571. The largest absolute Gasteiger partial charge is 0.458 e. The minimum atomic E-state index is -0.168. The van der Waals surface area contributed by atoms with Gasteiger partial charge in [-0.15, -0.1) is 0 Å². The Hall–Kier alpha value is -7.24. The van der Waals surface area contributed by atoms with E-state index in [0.717, 1.165) is 56.4 Å². The Kier molecular flexibility index (Phi) is 6.33. The number of para-hydroxylation sites is 3. The van der Waals surface area contributed by atoms with Crippen molar-refractivity contribution >= 4 is 32.8 Å². The smallest absolute Gasteiger partial charge is 0.269 e. The van der Waals surface area contributed by atoms with Crippen molar-refractivity contribution in [3.05, 3.63) is 187 Å². The van der Waals surface area contributed by atoms with E-state index in [1.54, 1.807) is 0 Å². The van der Waals surface area contributed by atoms with Crippen molar-refractivity contribution in [1.29, 1.82) is 0 Å². The van der Waals surface area contributed by atoms with Crippen LogP contribution >= 0.6 is 0 Å². The summed E-state index contributed by atoms with van der Waals surface area (Å²) in [6, 6.07) is 58.4. The fourth-order valence-corrected chi connectivity index (χ4v) is 9.41. The molecular weight excluding hydrogens is 685 g/mol. The van der Waals surface area contributed by atoms with E-state index in [4.69, 9.17) is 9.72 Å². The van der Waals surface area contributed by atoms with Gasteiger partial charge in [0.1, 0.15) is 17.3 Å². The standard InChI is InChI=1S/C51H34N4O/c1-51(2)43-22-10-20-42-40-27-26-34(30-47(40)55(48(42)43)50-44(51)23-12-28-52-50)56-33-14-9-13-32(29-33)53-31-54-45-24-8-7-19-39(45)37-17-5-3-15-35(37)36-16-4-6-18-38(36)41-21-11-25-46(53)49(41)54/h3-30H,1-2H3. The Morgan fingerprint density at radius 1 is 0.554 bits per heavy atom. The number of fused-ring (bicyclic) bond motifs is 12. The molecule has 0 spiro atoms. The molecule has 56 heavy (non-hydrogen) atoms. The van der Waals surface area contributed by atoms with Gasteiger partial charge in [-0.1, -0.05) is 129 Å². The van der Waals surface area contributed by atoms with Crippen LogP contribution in [-0.2, 0) is 5.41 Å². The average Bonchev–Trinajstić information content (AvgIpc) is 3.80. The molecule has 5 nitrogen and oxygen atoms in total. The summed E-state index contributed by atoms with van der Waals surface area (Å²) in [6.07, 6.45) is 5.69. The molecule has 0 amide bonds. The van der Waals surface area contributed by atoms with Crippen LogP contribution in [0.2, 0.25) is 0 Å². The van der Waals surface area contributed by atoms with Gasteiger partial charge in [0.15, 0.2) is 0 Å². The summed E-state index contributed by atoms with van der Waals surface area (Å²) in [6.45, 7) is 4.59. The molecule has 0 saturated carbocycles. The SMILES string of the molecule is CC1(C)c2cccnc2-n2c3cc(Oc4cccc(-n5[c-][n+]6c7c(cccc75)-c5ccccc5-c5ccccc5-c5ccccc5-6)c4)ccc3c3cccc1c32. The molecule has 2 aliphatic rings. The van der Waals surface area contributed by atoms with Crippen molar-refractivity contribution in [3.8, 4) is 62.1 Å². The maximum absolute atomic E-state index is 6.73. The van der Waals surface area contributed by atoms with Crippen molar-refractivity contribution in [2.45, 2.75) is 19.3 Å². The highest BCUT2D eigenvalue weighted by molar-refractivity contribution is 6.11. The Labute approximate surface area is 324 Å². The topological polar surface area (TPSA) is 35.9 Å². The molecule has 0 unspecified atom stereocenters. The molecular formula is C51H34N4O. The molecule has 7 aromatic carbocycles. The van der Waals surface area contributed by atoms with Gasteiger partial charge in [0.05, 0.1) is 33.4 Å². The lowest BCUT2D eigenvalue weighted by Crippen LogP contribution is -2.30. The Morgan fingerprint density at radius 2 is 1.21 bits per heavy atom. The first-order chi connectivity index (χ1) is 27.5. The molecule has 5 heterocycles. The first kappa shape index (κ1) is 31.1. The number of hydrogen-bond acceptors (Lipinski definition) is 2. The molecule has 3 aromatic heterocycles. The number of imidazole rings is 1. The first-order valence-corrected chi connectivity index (χ1v) is 19.1. The van der Waals surface area contributed by atoms with Crippen molar-refractivity contribution in [2.24, 2.45) is 0 Å². The third kappa shape index (κ3) is 4.25. The van der Waals surface area contributed by atoms with Gasteiger partial charge < -0.3 is 4.74 Å². The number of nitrogens with zero attached hydrogens (tertiary/aromatic N) is 4. The summed E-state index contributed by atoms with van der Waals surface area (Å²) in [4.78, 5) is 4.93. The summed E-state index contributed by atoms with van der Waals surface area (Å²) in [7, 11) is 0.